The first-order valence-electron chi connectivity index (χ1n) is 47.2. The third kappa shape index (κ3) is 11.5. The van der Waals surface area contributed by atoms with E-state index < -0.39 is 0 Å². The number of fused-ring (bicyclic) bond motifs is 52. The zero-order valence-electron chi connectivity index (χ0n) is 77.5. The third-order valence-corrected chi connectivity index (χ3v) is 35.4. The summed E-state index contributed by atoms with van der Waals surface area (Å²) in [5.41, 5.74) is 29.7. The van der Waals surface area contributed by atoms with E-state index in [0.717, 1.165) is 160 Å². The quantitative estimate of drug-likeness (QED) is 0.140. The van der Waals surface area contributed by atoms with Crippen LogP contribution >= 0.6 is 68.0 Å². The lowest BCUT2D eigenvalue weighted by Gasteiger charge is -1.99. The molecule has 23 nitrogen and oxygen atoms in total. The van der Waals surface area contributed by atoms with E-state index in [1.54, 1.807) is 56.7 Å². The zero-order chi connectivity index (χ0) is 95.0. The molecule has 0 spiro atoms. The van der Waals surface area contributed by atoms with Crippen LogP contribution in [0.5, 0.6) is 0 Å². The molecule has 0 aliphatic heterocycles. The highest BCUT2D eigenvalue weighted by molar-refractivity contribution is 7.28. The number of benzene rings is 13. The molecular formula is C115H73N23S6. The fraction of sp³-hybridized carbons (Fsp3) is 0.0522. The summed E-state index contributed by atoms with van der Waals surface area (Å²) in [6, 6.07) is 110. The van der Waals surface area contributed by atoms with Crippen LogP contribution in [0.3, 0.4) is 0 Å². The molecule has 0 unspecified atom stereocenters. The summed E-state index contributed by atoms with van der Waals surface area (Å²) in [4.78, 5) is 55.4. The van der Waals surface area contributed by atoms with Gasteiger partial charge in [-0.3, -0.25) is 36.4 Å². The average Bonchev–Trinajstić information content (AvgIpc) is 1.55. The van der Waals surface area contributed by atoms with Crippen molar-refractivity contribution in [2.24, 2.45) is 42.3 Å². The highest BCUT2D eigenvalue weighted by atomic mass is 32.1. The van der Waals surface area contributed by atoms with Crippen molar-refractivity contribution in [2.75, 3.05) is 0 Å². The number of hydrogen-bond donors (Lipinski definition) is 0. The molecule has 684 valence electrons. The normalized spacial score (nSPS) is 12.4. The van der Waals surface area contributed by atoms with Crippen LogP contribution in [0.4, 0.5) is 0 Å². The van der Waals surface area contributed by atoms with E-state index in [0.29, 0.717) is 0 Å². The number of aryl methyl sites for hydroxylation is 6. The second kappa shape index (κ2) is 30.5. The lowest BCUT2D eigenvalue weighted by Crippen LogP contribution is -1.89. The average molecular weight is 1970 g/mol. The first kappa shape index (κ1) is 81.4. The molecule has 23 heterocycles. The minimum Gasteiger partial charge on any atom is -0.313 e. The maximum atomic E-state index is 5.05. The Labute approximate surface area is 835 Å². The summed E-state index contributed by atoms with van der Waals surface area (Å²) < 4.78 is 39.0. The van der Waals surface area contributed by atoms with Gasteiger partial charge in [0.25, 0.3) is 0 Å². The van der Waals surface area contributed by atoms with Crippen LogP contribution in [0, 0.1) is 0 Å². The fourth-order valence-electron chi connectivity index (χ4n) is 22.1. The van der Waals surface area contributed by atoms with Crippen LogP contribution in [0.1, 0.15) is 0 Å². The Hall–Kier alpha value is -17.5. The van der Waals surface area contributed by atoms with E-state index in [2.05, 4.69) is 351 Å². The Morgan fingerprint density at radius 1 is 0.188 bits per heavy atom. The van der Waals surface area contributed by atoms with Gasteiger partial charge in [-0.25, -0.2) is 44.9 Å². The largest absolute Gasteiger partial charge is 0.313 e. The van der Waals surface area contributed by atoms with Crippen LogP contribution in [0.2, 0.25) is 0 Å². The zero-order valence-corrected chi connectivity index (χ0v) is 82.4. The SMILES string of the molecule is Cn1c2c3c(ncc2n2c4ccccc4nc12)sc1ccccc13.Cn1c2c3sc4ccccc4c3ncc2n2c3ccccc3nc12.Cn1c2cc3c(nc2n2c4ccccc4nc12)sc1ccccc13.Cn1c2cc3sc4ccccc4c3nc2n2c3ccccc3nc12.Cn1c2ccc3sc4ccccc4c3c2n2c3ccccc3nc12.Cn1c2cnc3c4ccccc4sc3c2n2c3ccccc3nc12. The van der Waals surface area contributed by atoms with E-state index in [9.17, 15) is 0 Å². The lowest BCUT2D eigenvalue weighted by molar-refractivity contribution is 0.971. The molecule has 29 heteroatoms. The molecule has 0 aliphatic rings. The second-order valence-corrected chi connectivity index (χ2v) is 42.9. The van der Waals surface area contributed by atoms with Gasteiger partial charge in [0.05, 0.1) is 171 Å². The van der Waals surface area contributed by atoms with E-state index in [-0.39, 0.29) is 0 Å². The summed E-state index contributed by atoms with van der Waals surface area (Å²) in [5, 5.41) is 11.3. The monoisotopic (exact) mass is 1970 g/mol. The summed E-state index contributed by atoms with van der Waals surface area (Å²) in [6.45, 7) is 0. The fourth-order valence-corrected chi connectivity index (χ4v) is 28.8. The predicted octanol–water partition coefficient (Wildman–Crippen LogP) is 29.1. The Bertz CT molecular complexity index is 11800. The van der Waals surface area contributed by atoms with Crippen LogP contribution in [0.25, 0.3) is 289 Å². The number of hydrogen-bond acceptors (Lipinski definition) is 17. The number of nitrogens with zero attached hydrogens (tertiary/aromatic N) is 23. The van der Waals surface area contributed by atoms with Gasteiger partial charge in [0.15, 0.2) is 11.3 Å². The van der Waals surface area contributed by atoms with E-state index in [1.165, 1.54) is 129 Å². The molecule has 0 amide bonds. The highest BCUT2D eigenvalue weighted by Gasteiger charge is 2.28. The summed E-state index contributed by atoms with van der Waals surface area (Å²) in [5.74, 6) is 5.72. The summed E-state index contributed by atoms with van der Waals surface area (Å²) >= 11 is 10.8. The van der Waals surface area contributed by atoms with Gasteiger partial charge >= 0.3 is 0 Å². The molecule has 36 aromatic rings. The lowest BCUT2D eigenvalue weighted by atomic mass is 10.1. The van der Waals surface area contributed by atoms with E-state index >= 15 is 0 Å². The molecule has 0 saturated heterocycles. The molecule has 0 fully saturated rings. The van der Waals surface area contributed by atoms with Gasteiger partial charge in [0, 0.05) is 124 Å². The van der Waals surface area contributed by atoms with Gasteiger partial charge in [0.1, 0.15) is 9.66 Å². The van der Waals surface area contributed by atoms with Crippen molar-refractivity contribution in [3.63, 3.8) is 0 Å². The molecular weight excluding hydrogens is 1900 g/mol. The van der Waals surface area contributed by atoms with E-state index in [4.69, 9.17) is 54.8 Å². The van der Waals surface area contributed by atoms with Gasteiger partial charge in [-0.1, -0.05) is 182 Å². The van der Waals surface area contributed by atoms with Gasteiger partial charge in [-0.2, -0.15) is 0 Å². The van der Waals surface area contributed by atoms with Crippen molar-refractivity contribution in [3.05, 3.63) is 334 Å². The number of imidazole rings is 12. The first-order valence-corrected chi connectivity index (χ1v) is 52.1. The molecule has 23 aromatic heterocycles. The van der Waals surface area contributed by atoms with Crippen molar-refractivity contribution in [1.82, 2.24) is 109 Å². The summed E-state index contributed by atoms with van der Waals surface area (Å²) in [7, 11) is 12.5. The van der Waals surface area contributed by atoms with Gasteiger partial charge in [-0.15, -0.1) is 68.0 Å². The van der Waals surface area contributed by atoms with Gasteiger partial charge < -0.3 is 27.4 Å². The molecule has 0 atom stereocenters. The maximum Gasteiger partial charge on any atom is 0.216 e. The topological polar surface area (TPSA) is 198 Å². The van der Waals surface area contributed by atoms with Crippen molar-refractivity contribution in [3.8, 4) is 0 Å². The number of rotatable bonds is 0. The van der Waals surface area contributed by atoms with Crippen molar-refractivity contribution in [2.45, 2.75) is 0 Å². The van der Waals surface area contributed by atoms with Crippen molar-refractivity contribution >= 4 is 357 Å². The Balaban J connectivity index is 0.0000000788. The molecule has 36 rings (SSSR count). The maximum absolute atomic E-state index is 5.05. The summed E-state index contributed by atoms with van der Waals surface area (Å²) in [6.07, 6.45) is 5.94. The Morgan fingerprint density at radius 3 is 1.06 bits per heavy atom. The smallest absolute Gasteiger partial charge is 0.216 e. The molecule has 144 heavy (non-hydrogen) atoms. The van der Waals surface area contributed by atoms with Crippen LogP contribution < -0.4 is 0 Å². The standard InChI is InChI=1S/C20H13N3S.5C19H12N4S/c1-22-15-10-11-17-18(12-6-2-5-9-16(12)24-17)19(15)23-14-8-4-3-7-13(14)21-20(22)23;1-22-15-10-12-11-6-2-5-9-16(11)24-18(12)21-17(15)23-14-8-4-3-7-13(14)20-19(22)23;1-22-17-14(23-13-8-4-3-7-12(13)21-19(22)23)10-20-16-11-6-2-5-9-15(11)24-18(16)17;1-22-14-10-20-16-11-6-2-5-9-15(11)24-18(16)17(14)23-13-8-4-3-7-12(13)21-19(22)23;1-22-17-14(23-13-8-4-3-7-12(13)21-19(22)23)10-20-18-16(17)11-6-2-5-9-15(11)24-18;1-22-14-10-16-17(11-6-2-5-9-15(11)24-16)21-18(14)23-13-8-4-3-7-12(13)20-19(22)23/h2-11H,1H3;5*2-10H,1H3. The molecule has 0 aliphatic carbocycles. The Kier molecular flexibility index (Phi) is 17.3. The highest BCUT2D eigenvalue weighted by Crippen LogP contribution is 2.47. The molecule has 0 radical (unpaired) electrons. The van der Waals surface area contributed by atoms with E-state index in [1.807, 2.05) is 90.6 Å². The molecule has 0 N–H and O–H groups in total. The third-order valence-electron chi connectivity index (χ3n) is 28.7. The number of pyridine rings is 5. The molecule has 13 aromatic carbocycles. The molecule has 0 saturated carbocycles. The number of aromatic nitrogens is 23. The van der Waals surface area contributed by atoms with Gasteiger partial charge in [0.2, 0.25) is 34.7 Å². The number of thiophene rings is 6. The minimum atomic E-state index is 0.931. The van der Waals surface area contributed by atoms with Crippen molar-refractivity contribution < 1.29 is 0 Å². The van der Waals surface area contributed by atoms with Crippen LogP contribution in [-0.2, 0) is 42.3 Å². The molecule has 0 bridgehead atoms. The Morgan fingerprint density at radius 2 is 0.528 bits per heavy atom. The number of para-hydroxylation sites is 12. The van der Waals surface area contributed by atoms with Crippen LogP contribution in [0.15, 0.2) is 334 Å². The first-order chi connectivity index (χ1) is 70.9. The second-order valence-electron chi connectivity index (χ2n) is 36.5. The minimum absolute atomic E-state index is 0.931. The van der Waals surface area contributed by atoms with Crippen LogP contribution in [-0.4, -0.2) is 109 Å². The van der Waals surface area contributed by atoms with Crippen molar-refractivity contribution in [1.29, 1.82) is 0 Å². The van der Waals surface area contributed by atoms with Gasteiger partial charge in [-0.05, 0) is 133 Å². The predicted molar refractivity (Wildman–Crippen MR) is 601 cm³/mol.